The number of rotatable bonds is 3. The largest absolute Gasteiger partial charge is 0.354 e. The van der Waals surface area contributed by atoms with Gasteiger partial charge in [0.05, 0.1) is 11.5 Å². The van der Waals surface area contributed by atoms with Crippen LogP contribution in [0.15, 0.2) is 6.20 Å². The van der Waals surface area contributed by atoms with Crippen molar-refractivity contribution in [3.8, 4) is 0 Å². The predicted molar refractivity (Wildman–Crippen MR) is 111 cm³/mol. The quantitative estimate of drug-likeness (QED) is 0.485. The Labute approximate surface area is 172 Å². The molecular weight excluding hydrogens is 467 g/mol. The molecule has 2 aromatic heterocycles. The van der Waals surface area contributed by atoms with Gasteiger partial charge in [-0.05, 0) is 41.4 Å². The molecule has 0 aromatic carbocycles. The van der Waals surface area contributed by atoms with Gasteiger partial charge >= 0.3 is 0 Å². The maximum Gasteiger partial charge on any atom is 0.232 e. The average Bonchev–Trinajstić information content (AvgIpc) is 3.06. The highest BCUT2D eigenvalue weighted by Gasteiger charge is 2.33. The first-order valence-corrected chi connectivity index (χ1v) is 10.3. The number of anilines is 1. The fourth-order valence-corrected chi connectivity index (χ4v) is 4.39. The van der Waals surface area contributed by atoms with Gasteiger partial charge in [0.2, 0.25) is 11.9 Å². The van der Waals surface area contributed by atoms with Gasteiger partial charge in [-0.15, -0.1) is 0 Å². The van der Waals surface area contributed by atoms with Crippen LogP contribution in [0.4, 0.5) is 5.95 Å². The Hall–Kier alpha value is -0.930. The van der Waals surface area contributed by atoms with Gasteiger partial charge in [-0.2, -0.15) is 9.97 Å². The molecule has 3 rings (SSSR count). The second kappa shape index (κ2) is 7.24. The lowest BCUT2D eigenvalue weighted by molar-refractivity contribution is -0.123. The van der Waals surface area contributed by atoms with Crippen LogP contribution in [0.5, 0.6) is 0 Å². The number of carbonyl (C=O) groups is 1. The number of nitrogens with zero attached hydrogens (tertiary/aromatic N) is 3. The van der Waals surface area contributed by atoms with Crippen molar-refractivity contribution in [2.45, 2.75) is 59.8 Å². The molecule has 0 aliphatic carbocycles. The third kappa shape index (κ3) is 3.71. The van der Waals surface area contributed by atoms with Crippen molar-refractivity contribution in [3.63, 3.8) is 0 Å². The van der Waals surface area contributed by atoms with Crippen LogP contribution in [0.25, 0.3) is 11.0 Å². The van der Waals surface area contributed by atoms with E-state index >= 15 is 0 Å². The first-order chi connectivity index (χ1) is 12.1. The molecule has 1 amide bonds. The molecule has 0 bridgehead atoms. The van der Waals surface area contributed by atoms with E-state index in [1.807, 2.05) is 31.5 Å². The lowest BCUT2D eigenvalue weighted by Gasteiger charge is -2.18. The molecule has 3 atom stereocenters. The maximum atomic E-state index is 12.3. The first kappa shape index (κ1) is 19.8. The molecule has 1 N–H and O–H groups in total. The second-order valence-electron chi connectivity index (χ2n) is 7.88. The van der Waals surface area contributed by atoms with Crippen molar-refractivity contribution >= 4 is 57.1 Å². The van der Waals surface area contributed by atoms with Gasteiger partial charge in [-0.3, -0.25) is 10.1 Å². The van der Waals surface area contributed by atoms with Crippen molar-refractivity contribution < 1.29 is 9.53 Å². The number of hydrogen-bond acceptors (Lipinski definition) is 4. The maximum absolute atomic E-state index is 12.3. The van der Waals surface area contributed by atoms with Crippen molar-refractivity contribution in [3.05, 3.63) is 14.9 Å². The summed E-state index contributed by atoms with van der Waals surface area (Å²) in [6, 6.07) is 0. The third-order valence-corrected chi connectivity index (χ3v) is 5.83. The molecule has 6 nitrogen and oxygen atoms in total. The standard InChI is InChI=1S/C18H24ClIN4O2/c1-6-11-9(2)7-12(26-11)24-8-10(20)13-14(19)21-17(22-15(13)24)23-16(25)18(3,4)5/h8-9,11-12H,6-7H2,1-5H3,(H,21,22,23,25)/t9-,11-,12-/m1/s1. The van der Waals surface area contributed by atoms with E-state index in [1.54, 1.807) is 0 Å². The van der Waals surface area contributed by atoms with Gasteiger partial charge in [0.25, 0.3) is 0 Å². The molecule has 26 heavy (non-hydrogen) atoms. The minimum Gasteiger partial charge on any atom is -0.354 e. The smallest absolute Gasteiger partial charge is 0.232 e. The summed E-state index contributed by atoms with van der Waals surface area (Å²) in [6.45, 7) is 9.87. The molecule has 1 saturated heterocycles. The summed E-state index contributed by atoms with van der Waals surface area (Å²) in [6.07, 6.45) is 4.06. The van der Waals surface area contributed by atoms with E-state index in [2.05, 4.69) is 51.7 Å². The van der Waals surface area contributed by atoms with Crippen molar-refractivity contribution in [1.82, 2.24) is 14.5 Å². The van der Waals surface area contributed by atoms with Gasteiger partial charge in [-0.1, -0.05) is 46.2 Å². The molecule has 0 unspecified atom stereocenters. The van der Waals surface area contributed by atoms with E-state index in [9.17, 15) is 4.79 Å². The minimum atomic E-state index is -0.542. The number of ether oxygens (including phenoxy) is 1. The molecule has 8 heteroatoms. The second-order valence-corrected chi connectivity index (χ2v) is 9.40. The Balaban J connectivity index is 2.02. The SMILES string of the molecule is CC[C@H]1O[C@@H](n2cc(I)c3c(Cl)nc(NC(=O)C(C)(C)C)nc32)C[C@H]1C. The minimum absolute atomic E-state index is 0.0851. The van der Waals surface area contributed by atoms with Gasteiger partial charge in [0.1, 0.15) is 17.0 Å². The lowest BCUT2D eigenvalue weighted by atomic mass is 9.96. The number of amides is 1. The lowest BCUT2D eigenvalue weighted by Crippen LogP contribution is -2.28. The van der Waals surface area contributed by atoms with E-state index in [4.69, 9.17) is 16.3 Å². The number of halogens is 2. The molecule has 0 spiro atoms. The Morgan fingerprint density at radius 1 is 1.46 bits per heavy atom. The zero-order chi connectivity index (χ0) is 19.2. The van der Waals surface area contributed by atoms with E-state index in [0.717, 1.165) is 21.8 Å². The summed E-state index contributed by atoms with van der Waals surface area (Å²) in [7, 11) is 0. The molecule has 1 aliphatic rings. The first-order valence-electron chi connectivity index (χ1n) is 8.82. The zero-order valence-electron chi connectivity index (χ0n) is 15.6. The number of hydrogen-bond donors (Lipinski definition) is 1. The Morgan fingerprint density at radius 2 is 2.15 bits per heavy atom. The molecule has 142 valence electrons. The Bertz CT molecular complexity index is 846. The summed E-state index contributed by atoms with van der Waals surface area (Å²) in [5, 5.41) is 3.89. The van der Waals surface area contributed by atoms with Crippen LogP contribution in [0.2, 0.25) is 5.15 Å². The molecule has 1 fully saturated rings. The zero-order valence-corrected chi connectivity index (χ0v) is 18.6. The van der Waals surface area contributed by atoms with Gasteiger partial charge in [-0.25, -0.2) is 0 Å². The molecule has 3 heterocycles. The van der Waals surface area contributed by atoms with Crippen LogP contribution >= 0.6 is 34.2 Å². The van der Waals surface area contributed by atoms with Crippen molar-refractivity contribution in [2.75, 3.05) is 5.32 Å². The fraction of sp³-hybridized carbons (Fsp3) is 0.611. The van der Waals surface area contributed by atoms with Crippen LogP contribution in [0.1, 0.15) is 53.7 Å². The highest BCUT2D eigenvalue weighted by atomic mass is 127. The van der Waals surface area contributed by atoms with E-state index in [-0.39, 0.29) is 24.2 Å². The predicted octanol–water partition coefficient (Wildman–Crippen LogP) is 5.01. The van der Waals surface area contributed by atoms with Crippen LogP contribution in [0.3, 0.4) is 0 Å². The molecule has 1 aliphatic heterocycles. The van der Waals surface area contributed by atoms with Crippen molar-refractivity contribution in [1.29, 1.82) is 0 Å². The van der Waals surface area contributed by atoms with Crippen LogP contribution in [-0.4, -0.2) is 26.5 Å². The number of aromatic nitrogens is 3. The highest BCUT2D eigenvalue weighted by Crippen LogP contribution is 2.38. The number of nitrogens with one attached hydrogen (secondary N) is 1. The monoisotopic (exact) mass is 490 g/mol. The topological polar surface area (TPSA) is 69.0 Å². The van der Waals surface area contributed by atoms with Crippen LogP contribution in [0, 0.1) is 14.9 Å². The van der Waals surface area contributed by atoms with Crippen LogP contribution < -0.4 is 5.32 Å². The summed E-state index contributed by atoms with van der Waals surface area (Å²) in [5.41, 5.74) is 0.145. The van der Waals surface area contributed by atoms with E-state index < -0.39 is 5.41 Å². The summed E-state index contributed by atoms with van der Waals surface area (Å²) < 4.78 is 9.20. The third-order valence-electron chi connectivity index (χ3n) is 4.74. The van der Waals surface area contributed by atoms with Gasteiger partial charge in [0.15, 0.2) is 0 Å². The molecular formula is C18H24ClIN4O2. The highest BCUT2D eigenvalue weighted by molar-refractivity contribution is 14.1. The van der Waals surface area contributed by atoms with Gasteiger partial charge < -0.3 is 9.30 Å². The number of carbonyl (C=O) groups excluding carboxylic acids is 1. The molecule has 0 radical (unpaired) electrons. The summed E-state index contributed by atoms with van der Waals surface area (Å²) in [4.78, 5) is 21.1. The van der Waals surface area contributed by atoms with Crippen molar-refractivity contribution in [2.24, 2.45) is 11.3 Å². The number of fused-ring (bicyclic) bond motifs is 1. The Kier molecular flexibility index (Phi) is 5.52. The average molecular weight is 491 g/mol. The summed E-state index contributed by atoms with van der Waals surface area (Å²) in [5.74, 6) is 0.547. The van der Waals surface area contributed by atoms with E-state index in [1.165, 1.54) is 0 Å². The van der Waals surface area contributed by atoms with Crippen LogP contribution in [-0.2, 0) is 9.53 Å². The van der Waals surface area contributed by atoms with Gasteiger partial charge in [0, 0.05) is 15.2 Å². The normalized spacial score (nSPS) is 23.6. The molecule has 2 aromatic rings. The Morgan fingerprint density at radius 3 is 2.73 bits per heavy atom. The van der Waals surface area contributed by atoms with E-state index in [0.29, 0.717) is 16.7 Å². The summed E-state index contributed by atoms with van der Waals surface area (Å²) >= 11 is 8.64. The fourth-order valence-electron chi connectivity index (χ4n) is 3.17. The molecule has 0 saturated carbocycles.